The van der Waals surface area contributed by atoms with Gasteiger partial charge in [0.05, 0.1) is 19.2 Å². The second-order valence-corrected chi connectivity index (χ2v) is 8.40. The molecule has 1 atom stereocenters. The van der Waals surface area contributed by atoms with Crippen molar-refractivity contribution in [3.05, 3.63) is 30.1 Å². The monoisotopic (exact) mass is 547 g/mol. The molecule has 176 valence electrons. The third-order valence-electron chi connectivity index (χ3n) is 4.47. The van der Waals surface area contributed by atoms with E-state index in [0.29, 0.717) is 26.2 Å². The van der Waals surface area contributed by atoms with Gasteiger partial charge in [-0.1, -0.05) is 6.07 Å². The minimum atomic E-state index is -0.532. The molecule has 2 N–H and O–H groups in total. The molecule has 0 aromatic carbocycles. The smallest absolute Gasteiger partial charge is 0.410 e. The van der Waals surface area contributed by atoms with Gasteiger partial charge in [-0.3, -0.25) is 9.98 Å². The van der Waals surface area contributed by atoms with Crippen LogP contribution in [0.2, 0.25) is 0 Å². The first-order chi connectivity index (χ1) is 14.4. The first-order valence-electron chi connectivity index (χ1n) is 10.9. The van der Waals surface area contributed by atoms with Gasteiger partial charge in [0.1, 0.15) is 5.60 Å². The standard InChI is InChI=1S/C22H37N5O3.HI/c1-5-24-20(26-16-19-10-7-14-29-19)25-12-8-13-27(21(28)30-22(2,3)4)17-18-9-6-11-23-15-18;/h6,9,11,15,19H,5,7-8,10,12-14,16-17H2,1-4H3,(H2,24,25,26);1H. The average molecular weight is 547 g/mol. The number of nitrogens with zero attached hydrogens (tertiary/aromatic N) is 3. The highest BCUT2D eigenvalue weighted by Crippen LogP contribution is 2.13. The van der Waals surface area contributed by atoms with E-state index in [4.69, 9.17) is 9.47 Å². The maximum absolute atomic E-state index is 12.7. The van der Waals surface area contributed by atoms with Crippen molar-refractivity contribution < 1.29 is 14.3 Å². The van der Waals surface area contributed by atoms with Crippen LogP contribution in [0, 0.1) is 0 Å². The van der Waals surface area contributed by atoms with Gasteiger partial charge >= 0.3 is 6.09 Å². The van der Waals surface area contributed by atoms with Crippen LogP contribution in [-0.2, 0) is 16.0 Å². The molecule has 1 saturated heterocycles. The zero-order chi connectivity index (χ0) is 21.8. The van der Waals surface area contributed by atoms with Crippen LogP contribution in [0.25, 0.3) is 0 Å². The number of carbonyl (C=O) groups excluding carboxylic acids is 1. The number of aliphatic imine (C=N–C) groups is 1. The predicted octanol–water partition coefficient (Wildman–Crippen LogP) is 3.56. The summed E-state index contributed by atoms with van der Waals surface area (Å²) in [5, 5.41) is 6.60. The molecule has 9 heteroatoms. The Morgan fingerprint density at radius 2 is 2.19 bits per heavy atom. The number of ether oxygens (including phenoxy) is 2. The summed E-state index contributed by atoms with van der Waals surface area (Å²) in [7, 11) is 0. The van der Waals surface area contributed by atoms with Crippen molar-refractivity contribution in [3.63, 3.8) is 0 Å². The van der Waals surface area contributed by atoms with Crippen LogP contribution in [0.5, 0.6) is 0 Å². The summed E-state index contributed by atoms with van der Waals surface area (Å²) < 4.78 is 11.2. The second-order valence-electron chi connectivity index (χ2n) is 8.40. The van der Waals surface area contributed by atoms with Gasteiger partial charge in [-0.05, 0) is 58.6 Å². The van der Waals surface area contributed by atoms with Crippen molar-refractivity contribution in [2.45, 2.75) is 65.2 Å². The molecule has 2 heterocycles. The fraction of sp³-hybridized carbons (Fsp3) is 0.682. The number of halogens is 1. The lowest BCUT2D eigenvalue weighted by Gasteiger charge is -2.27. The molecular weight excluding hydrogens is 509 g/mol. The summed E-state index contributed by atoms with van der Waals surface area (Å²) in [6.45, 7) is 11.7. The summed E-state index contributed by atoms with van der Waals surface area (Å²) in [6.07, 6.45) is 6.36. The molecule has 1 aromatic rings. The molecule has 1 fully saturated rings. The molecule has 0 saturated carbocycles. The van der Waals surface area contributed by atoms with Gasteiger partial charge in [0, 0.05) is 38.6 Å². The van der Waals surface area contributed by atoms with Crippen LogP contribution in [0.1, 0.15) is 52.5 Å². The molecule has 1 aromatic heterocycles. The number of amides is 1. The van der Waals surface area contributed by atoms with E-state index in [1.807, 2.05) is 39.8 Å². The van der Waals surface area contributed by atoms with E-state index >= 15 is 0 Å². The van der Waals surface area contributed by atoms with Crippen LogP contribution >= 0.6 is 24.0 Å². The van der Waals surface area contributed by atoms with E-state index in [9.17, 15) is 4.79 Å². The third-order valence-corrected chi connectivity index (χ3v) is 4.47. The van der Waals surface area contributed by atoms with E-state index in [0.717, 1.165) is 43.9 Å². The predicted molar refractivity (Wildman–Crippen MR) is 134 cm³/mol. The maximum Gasteiger partial charge on any atom is 0.410 e. The summed E-state index contributed by atoms with van der Waals surface area (Å²) >= 11 is 0. The molecule has 1 aliphatic heterocycles. The van der Waals surface area contributed by atoms with Gasteiger partial charge in [0.25, 0.3) is 0 Å². The van der Waals surface area contributed by atoms with Gasteiger partial charge in [-0.25, -0.2) is 4.79 Å². The molecule has 8 nitrogen and oxygen atoms in total. The number of hydrogen-bond acceptors (Lipinski definition) is 5. The Labute approximate surface area is 203 Å². The quantitative estimate of drug-likeness (QED) is 0.213. The van der Waals surface area contributed by atoms with E-state index in [2.05, 4.69) is 20.6 Å². The van der Waals surface area contributed by atoms with Gasteiger partial charge in [0.15, 0.2) is 5.96 Å². The lowest BCUT2D eigenvalue weighted by Crippen LogP contribution is -2.41. The molecular formula is C22H38IN5O3. The average Bonchev–Trinajstić information content (AvgIpc) is 3.21. The molecule has 1 amide bonds. The molecule has 31 heavy (non-hydrogen) atoms. The number of pyridine rings is 1. The minimum absolute atomic E-state index is 0. The molecule has 0 radical (unpaired) electrons. The Morgan fingerprint density at radius 1 is 1.39 bits per heavy atom. The maximum atomic E-state index is 12.7. The van der Waals surface area contributed by atoms with Crippen molar-refractivity contribution in [2.24, 2.45) is 4.99 Å². The highest BCUT2D eigenvalue weighted by atomic mass is 127. The number of nitrogens with one attached hydrogen (secondary N) is 2. The van der Waals surface area contributed by atoms with Crippen molar-refractivity contribution >= 4 is 36.0 Å². The van der Waals surface area contributed by atoms with Crippen molar-refractivity contribution in [2.75, 3.05) is 32.8 Å². The fourth-order valence-corrected chi connectivity index (χ4v) is 3.07. The van der Waals surface area contributed by atoms with Gasteiger partial charge in [-0.15, -0.1) is 24.0 Å². The number of guanidine groups is 1. The van der Waals surface area contributed by atoms with Crippen LogP contribution in [-0.4, -0.2) is 66.4 Å². The highest BCUT2D eigenvalue weighted by molar-refractivity contribution is 14.0. The van der Waals surface area contributed by atoms with Gasteiger partial charge in [-0.2, -0.15) is 0 Å². The first kappa shape index (κ1) is 27.4. The number of aromatic nitrogens is 1. The molecule has 1 unspecified atom stereocenters. The molecule has 0 bridgehead atoms. The normalized spacial score (nSPS) is 16.4. The Morgan fingerprint density at radius 3 is 2.81 bits per heavy atom. The Bertz CT molecular complexity index is 661. The van der Waals surface area contributed by atoms with E-state index in [1.54, 1.807) is 17.3 Å². The Hall–Kier alpha value is -1.62. The topological polar surface area (TPSA) is 88.1 Å². The number of rotatable bonds is 9. The summed E-state index contributed by atoms with van der Waals surface area (Å²) in [6, 6.07) is 3.83. The zero-order valence-corrected chi connectivity index (χ0v) is 21.6. The second kappa shape index (κ2) is 14.4. The largest absolute Gasteiger partial charge is 0.444 e. The van der Waals surface area contributed by atoms with Crippen molar-refractivity contribution in [3.8, 4) is 0 Å². The lowest BCUT2D eigenvalue weighted by molar-refractivity contribution is 0.0232. The third kappa shape index (κ3) is 11.5. The Kier molecular flexibility index (Phi) is 12.8. The molecule has 2 rings (SSSR count). The van der Waals surface area contributed by atoms with Gasteiger partial charge < -0.3 is 25.0 Å². The van der Waals surface area contributed by atoms with Crippen LogP contribution in [0.3, 0.4) is 0 Å². The summed E-state index contributed by atoms with van der Waals surface area (Å²) in [4.78, 5) is 23.1. The minimum Gasteiger partial charge on any atom is -0.444 e. The fourth-order valence-electron chi connectivity index (χ4n) is 3.07. The molecule has 0 aliphatic carbocycles. The lowest BCUT2D eigenvalue weighted by atomic mass is 10.2. The summed E-state index contributed by atoms with van der Waals surface area (Å²) in [5.41, 5.74) is 0.443. The van der Waals surface area contributed by atoms with Gasteiger partial charge in [0.2, 0.25) is 0 Å². The van der Waals surface area contributed by atoms with Crippen LogP contribution in [0.15, 0.2) is 29.5 Å². The Balaban J connectivity index is 0.00000480. The molecule has 0 spiro atoms. The van der Waals surface area contributed by atoms with E-state index < -0.39 is 5.60 Å². The van der Waals surface area contributed by atoms with Crippen molar-refractivity contribution in [1.82, 2.24) is 20.5 Å². The van der Waals surface area contributed by atoms with Crippen molar-refractivity contribution in [1.29, 1.82) is 0 Å². The first-order valence-corrected chi connectivity index (χ1v) is 10.9. The van der Waals surface area contributed by atoms with Crippen LogP contribution in [0.4, 0.5) is 4.79 Å². The van der Waals surface area contributed by atoms with E-state index in [1.165, 1.54) is 0 Å². The highest BCUT2D eigenvalue weighted by Gasteiger charge is 2.22. The number of hydrogen-bond donors (Lipinski definition) is 2. The van der Waals surface area contributed by atoms with Crippen LogP contribution < -0.4 is 10.6 Å². The van der Waals surface area contributed by atoms with E-state index in [-0.39, 0.29) is 36.2 Å². The summed E-state index contributed by atoms with van der Waals surface area (Å²) in [5.74, 6) is 0.782. The molecule has 1 aliphatic rings. The number of carbonyl (C=O) groups is 1. The SMILES string of the molecule is CCNC(=NCC1CCCO1)NCCCN(Cc1cccnc1)C(=O)OC(C)(C)C.I. The zero-order valence-electron chi connectivity index (χ0n) is 19.2.